The predicted molar refractivity (Wildman–Crippen MR) is 119 cm³/mol. The normalized spacial score (nSPS) is 12.0. The van der Waals surface area contributed by atoms with Gasteiger partial charge in [-0.25, -0.2) is 4.68 Å². The molecule has 0 aliphatic heterocycles. The minimum Gasteiger partial charge on any atom is -0.507 e. The van der Waals surface area contributed by atoms with Crippen LogP contribution < -0.4 is 19.0 Å². The van der Waals surface area contributed by atoms with E-state index in [1.54, 1.807) is 50.4 Å². The third-order valence-corrected chi connectivity index (χ3v) is 5.11. The van der Waals surface area contributed by atoms with Gasteiger partial charge in [0.2, 0.25) is 4.80 Å². The Balaban J connectivity index is 2.18. The van der Waals surface area contributed by atoms with E-state index in [0.717, 1.165) is 16.1 Å². The smallest absolute Gasteiger partial charge is 0.206 e. The average Bonchev–Trinajstić information content (AvgIpc) is 3.14. The molecule has 1 heterocycles. The predicted octanol–water partition coefficient (Wildman–Crippen LogP) is 4.14. The molecule has 0 fully saturated rings. The summed E-state index contributed by atoms with van der Waals surface area (Å²) in [6.45, 7) is 4.01. The highest BCUT2D eigenvalue weighted by atomic mass is 32.1. The summed E-state index contributed by atoms with van der Waals surface area (Å²) >= 11 is 1.48. The molecule has 0 saturated heterocycles. The number of aromatic hydroxyl groups is 1. The van der Waals surface area contributed by atoms with Gasteiger partial charge in [0.15, 0.2) is 0 Å². The molecular weight excluding hydrogens is 402 g/mol. The first-order chi connectivity index (χ1) is 14.5. The van der Waals surface area contributed by atoms with Gasteiger partial charge in [-0.15, -0.1) is 11.3 Å². The Kier molecular flexibility index (Phi) is 6.79. The summed E-state index contributed by atoms with van der Waals surface area (Å²) in [6, 6.07) is 10.7. The van der Waals surface area contributed by atoms with Gasteiger partial charge in [0.1, 0.15) is 23.0 Å². The van der Waals surface area contributed by atoms with Crippen molar-refractivity contribution >= 4 is 17.6 Å². The number of nitrogens with zero attached hydrogens (tertiary/aromatic N) is 3. The third kappa shape index (κ3) is 4.65. The second-order valence-corrected chi connectivity index (χ2v) is 7.51. The number of rotatable bonds is 7. The fourth-order valence-electron chi connectivity index (χ4n) is 2.80. The molecule has 0 radical (unpaired) electrons. The minimum atomic E-state index is 0.0929. The Morgan fingerprint density at radius 3 is 2.37 bits per heavy atom. The Labute approximate surface area is 179 Å². The van der Waals surface area contributed by atoms with E-state index in [-0.39, 0.29) is 11.8 Å². The lowest BCUT2D eigenvalue weighted by atomic mass is 10.1. The summed E-state index contributed by atoms with van der Waals surface area (Å²) in [5.41, 5.74) is 2.16. The van der Waals surface area contributed by atoms with Gasteiger partial charge in [0, 0.05) is 22.5 Å². The maximum absolute atomic E-state index is 10.2. The van der Waals surface area contributed by atoms with Crippen molar-refractivity contribution in [2.45, 2.75) is 19.9 Å². The first-order valence-corrected chi connectivity index (χ1v) is 10.2. The zero-order valence-corrected chi connectivity index (χ0v) is 18.4. The molecule has 3 rings (SSSR count). The molecule has 1 N–H and O–H groups in total. The van der Waals surface area contributed by atoms with Crippen molar-refractivity contribution in [3.63, 3.8) is 0 Å². The molecule has 7 nitrogen and oxygen atoms in total. The molecule has 0 unspecified atom stereocenters. The van der Waals surface area contributed by atoms with E-state index >= 15 is 0 Å². The maximum Gasteiger partial charge on any atom is 0.206 e. The Morgan fingerprint density at radius 2 is 1.70 bits per heavy atom. The molecule has 0 atom stereocenters. The van der Waals surface area contributed by atoms with Crippen LogP contribution in [0.15, 0.2) is 51.9 Å². The molecule has 0 saturated carbocycles. The van der Waals surface area contributed by atoms with E-state index in [4.69, 9.17) is 14.2 Å². The maximum atomic E-state index is 10.2. The van der Waals surface area contributed by atoms with Crippen LogP contribution in [0.4, 0.5) is 0 Å². The van der Waals surface area contributed by atoms with E-state index in [0.29, 0.717) is 22.8 Å². The fraction of sp³-hybridized carbons (Fsp3) is 0.273. The summed E-state index contributed by atoms with van der Waals surface area (Å²) < 4.78 is 17.9. The zero-order chi connectivity index (χ0) is 21.7. The highest BCUT2D eigenvalue weighted by Crippen LogP contribution is 2.34. The molecule has 8 heteroatoms. The van der Waals surface area contributed by atoms with Crippen LogP contribution in [-0.4, -0.2) is 43.4 Å². The second-order valence-electron chi connectivity index (χ2n) is 6.67. The van der Waals surface area contributed by atoms with Crippen molar-refractivity contribution in [3.05, 3.63) is 52.1 Å². The lowest BCUT2D eigenvalue weighted by Gasteiger charge is -2.11. The molecule has 0 bridgehead atoms. The van der Waals surface area contributed by atoms with Gasteiger partial charge in [-0.05, 0) is 50.2 Å². The summed E-state index contributed by atoms with van der Waals surface area (Å²) in [6.07, 6.45) is 1.58. The minimum absolute atomic E-state index is 0.0929. The number of aromatic nitrogens is 1. The van der Waals surface area contributed by atoms with E-state index in [9.17, 15) is 5.11 Å². The lowest BCUT2D eigenvalue weighted by molar-refractivity contribution is 0.404. The molecule has 158 valence electrons. The van der Waals surface area contributed by atoms with Crippen molar-refractivity contribution in [3.8, 4) is 34.3 Å². The highest BCUT2D eigenvalue weighted by Gasteiger charge is 2.14. The zero-order valence-electron chi connectivity index (χ0n) is 17.6. The molecular formula is C22H25N3O4S. The van der Waals surface area contributed by atoms with Crippen molar-refractivity contribution in [2.24, 2.45) is 10.1 Å². The van der Waals surface area contributed by atoms with Crippen molar-refractivity contribution in [1.82, 2.24) is 4.68 Å². The molecule has 3 aromatic rings. The average molecular weight is 428 g/mol. The Morgan fingerprint density at radius 1 is 1.00 bits per heavy atom. The van der Waals surface area contributed by atoms with Gasteiger partial charge < -0.3 is 19.3 Å². The quantitative estimate of drug-likeness (QED) is 0.575. The second kappa shape index (κ2) is 9.49. The summed E-state index contributed by atoms with van der Waals surface area (Å²) in [7, 11) is 4.82. The van der Waals surface area contributed by atoms with Crippen molar-refractivity contribution < 1.29 is 19.3 Å². The SMILES string of the molecule is COc1ccc(O)c(C=Nn2c(-c3cc(OC)ccc3OC)csc2=NC(C)C)c1. The fourth-order valence-corrected chi connectivity index (χ4v) is 3.76. The number of hydrogen-bond donors (Lipinski definition) is 1. The molecule has 0 amide bonds. The van der Waals surface area contributed by atoms with Gasteiger partial charge in [-0.1, -0.05) is 0 Å². The standard InChI is InChI=1S/C22H25N3O4S/c1-14(2)24-22-25(23-12-15-10-16(27-3)6-8-20(15)26)19(13-30-22)18-11-17(28-4)7-9-21(18)29-5/h6-14,26H,1-5H3. The molecule has 2 aromatic carbocycles. The molecule has 0 aliphatic carbocycles. The number of phenolic OH excluding ortho intramolecular Hbond substituents is 1. The van der Waals surface area contributed by atoms with E-state index in [1.165, 1.54) is 11.3 Å². The van der Waals surface area contributed by atoms with Crippen LogP contribution in [0, 0.1) is 0 Å². The van der Waals surface area contributed by atoms with Crippen LogP contribution in [-0.2, 0) is 0 Å². The van der Waals surface area contributed by atoms with Crippen LogP contribution in [0.3, 0.4) is 0 Å². The van der Waals surface area contributed by atoms with Crippen LogP contribution in [0.2, 0.25) is 0 Å². The monoisotopic (exact) mass is 427 g/mol. The first kappa shape index (κ1) is 21.4. The van der Waals surface area contributed by atoms with Gasteiger partial charge in [0.25, 0.3) is 0 Å². The summed E-state index contributed by atoms with van der Waals surface area (Å²) in [5.74, 6) is 2.14. The Hall–Kier alpha value is -3.26. The number of phenols is 1. The van der Waals surface area contributed by atoms with Gasteiger partial charge in [-0.2, -0.15) is 5.10 Å². The number of benzene rings is 2. The van der Waals surface area contributed by atoms with Crippen LogP contribution >= 0.6 is 11.3 Å². The largest absolute Gasteiger partial charge is 0.507 e. The lowest BCUT2D eigenvalue weighted by Crippen LogP contribution is -2.14. The van der Waals surface area contributed by atoms with E-state index < -0.39 is 0 Å². The van der Waals surface area contributed by atoms with Gasteiger partial charge >= 0.3 is 0 Å². The number of hydrogen-bond acceptors (Lipinski definition) is 7. The van der Waals surface area contributed by atoms with Gasteiger partial charge in [-0.3, -0.25) is 4.99 Å². The number of methoxy groups -OCH3 is 3. The van der Waals surface area contributed by atoms with E-state index in [1.807, 2.05) is 37.4 Å². The Bertz CT molecular complexity index is 1120. The molecule has 0 spiro atoms. The first-order valence-electron chi connectivity index (χ1n) is 9.35. The summed E-state index contributed by atoms with van der Waals surface area (Å²) in [4.78, 5) is 5.41. The summed E-state index contributed by atoms with van der Waals surface area (Å²) in [5, 5.41) is 16.8. The molecule has 30 heavy (non-hydrogen) atoms. The van der Waals surface area contributed by atoms with Crippen LogP contribution in [0.1, 0.15) is 19.4 Å². The van der Waals surface area contributed by atoms with Crippen molar-refractivity contribution in [2.75, 3.05) is 21.3 Å². The topological polar surface area (TPSA) is 77.6 Å². The molecule has 1 aromatic heterocycles. The molecule has 0 aliphatic rings. The van der Waals surface area contributed by atoms with E-state index in [2.05, 4.69) is 10.1 Å². The van der Waals surface area contributed by atoms with Crippen LogP contribution in [0.5, 0.6) is 23.0 Å². The highest BCUT2D eigenvalue weighted by molar-refractivity contribution is 7.07. The van der Waals surface area contributed by atoms with Crippen molar-refractivity contribution in [1.29, 1.82) is 0 Å². The third-order valence-electron chi connectivity index (χ3n) is 4.28. The number of ether oxygens (including phenoxy) is 3. The van der Waals surface area contributed by atoms with Gasteiger partial charge in [0.05, 0.1) is 33.2 Å². The number of thiazole rings is 1. The van der Waals surface area contributed by atoms with Crippen LogP contribution in [0.25, 0.3) is 11.3 Å².